The van der Waals surface area contributed by atoms with Gasteiger partial charge in [0, 0.05) is 31.9 Å². The number of amides is 1. The second-order valence-electron chi connectivity index (χ2n) is 11.6. The molecule has 0 unspecified atom stereocenters. The fourth-order valence-electron chi connectivity index (χ4n) is 5.37. The lowest BCUT2D eigenvalue weighted by molar-refractivity contribution is -0.120. The van der Waals surface area contributed by atoms with E-state index in [0.717, 1.165) is 43.1 Å². The van der Waals surface area contributed by atoms with Gasteiger partial charge in [-0.25, -0.2) is 0 Å². The Morgan fingerprint density at radius 1 is 0.907 bits per heavy atom. The zero-order valence-corrected chi connectivity index (χ0v) is 25.7. The van der Waals surface area contributed by atoms with Gasteiger partial charge in [0.25, 0.3) is 0 Å². The Morgan fingerprint density at radius 3 is 2.35 bits per heavy atom. The molecule has 1 aromatic carbocycles. The van der Waals surface area contributed by atoms with E-state index in [1.807, 2.05) is 24.3 Å². The van der Waals surface area contributed by atoms with E-state index < -0.39 is 0 Å². The summed E-state index contributed by atoms with van der Waals surface area (Å²) in [6.07, 6.45) is 12.5. The zero-order chi connectivity index (χ0) is 30.1. The van der Waals surface area contributed by atoms with Gasteiger partial charge in [-0.05, 0) is 68.1 Å². The van der Waals surface area contributed by atoms with Crippen molar-refractivity contribution in [1.82, 2.24) is 20.3 Å². The van der Waals surface area contributed by atoms with Gasteiger partial charge in [-0.15, -0.1) is 0 Å². The molecule has 2 aromatic rings. The normalized spacial score (nSPS) is 18.5. The maximum Gasteiger partial charge on any atom is 0.233 e. The average molecular weight is 595 g/mol. The van der Waals surface area contributed by atoms with E-state index in [-0.39, 0.29) is 5.91 Å². The van der Waals surface area contributed by atoms with Crippen LogP contribution in [-0.2, 0) is 20.7 Å². The topological polar surface area (TPSA) is 148 Å². The predicted octanol–water partition coefficient (Wildman–Crippen LogP) is 4.42. The van der Waals surface area contributed by atoms with Crippen LogP contribution in [0.5, 0.6) is 0 Å². The van der Waals surface area contributed by atoms with E-state index in [9.17, 15) is 4.79 Å². The first-order chi connectivity index (χ1) is 21.1. The summed E-state index contributed by atoms with van der Waals surface area (Å²) < 4.78 is 10.7. The molecule has 11 nitrogen and oxygen atoms in total. The molecule has 2 aliphatic carbocycles. The number of nitrogens with two attached hydrogens (primary N) is 1. The maximum atomic E-state index is 12.3. The van der Waals surface area contributed by atoms with Gasteiger partial charge in [0.1, 0.15) is 0 Å². The minimum Gasteiger partial charge on any atom is -0.378 e. The summed E-state index contributed by atoms with van der Waals surface area (Å²) in [5.74, 6) is 3.04. The number of anilines is 4. The van der Waals surface area contributed by atoms with Crippen molar-refractivity contribution in [2.75, 3.05) is 68.6 Å². The maximum absolute atomic E-state index is 12.3. The fourth-order valence-corrected chi connectivity index (χ4v) is 5.37. The molecule has 1 heterocycles. The van der Waals surface area contributed by atoms with Gasteiger partial charge in [-0.1, -0.05) is 43.5 Å². The Labute approximate surface area is 256 Å². The first-order valence-corrected chi connectivity index (χ1v) is 16.0. The smallest absolute Gasteiger partial charge is 0.233 e. The van der Waals surface area contributed by atoms with Crippen molar-refractivity contribution >= 4 is 29.4 Å². The van der Waals surface area contributed by atoms with Gasteiger partial charge < -0.3 is 36.5 Å². The van der Waals surface area contributed by atoms with E-state index in [0.29, 0.717) is 69.7 Å². The van der Waals surface area contributed by atoms with Crippen molar-refractivity contribution < 1.29 is 14.3 Å². The minimum absolute atomic E-state index is 0.0481. The molecule has 11 heteroatoms. The standard InChI is InChI=1S/C32H50N8O3/c1-24-7-9-27(10-8-24)23-36-31-38-30(35-22-26-5-3-2-4-6-26)39-32(40-31)37-28-13-11-25(12-14-28)21-29(41)34-16-18-43-20-19-42-17-15-33/h5,11-14,24,27H,2-4,6-10,15-23,33H2,1H3,(H,34,41)(H3,35,36,37,38,39,40). The third kappa shape index (κ3) is 12.5. The quantitative estimate of drug-likeness (QED) is 0.124. The Kier molecular flexibility index (Phi) is 14.0. The van der Waals surface area contributed by atoms with E-state index >= 15 is 0 Å². The van der Waals surface area contributed by atoms with Crippen LogP contribution in [-0.4, -0.2) is 73.5 Å². The van der Waals surface area contributed by atoms with Crippen LogP contribution in [0.2, 0.25) is 0 Å². The molecule has 2 aliphatic rings. The summed E-state index contributed by atoms with van der Waals surface area (Å²) in [7, 11) is 0. The van der Waals surface area contributed by atoms with Crippen molar-refractivity contribution in [3.8, 4) is 0 Å². The zero-order valence-electron chi connectivity index (χ0n) is 25.7. The monoisotopic (exact) mass is 594 g/mol. The van der Waals surface area contributed by atoms with Crippen LogP contribution in [0.1, 0.15) is 63.9 Å². The fraction of sp³-hybridized carbons (Fsp3) is 0.625. The third-order valence-corrected chi connectivity index (χ3v) is 7.96. The number of hydrogen-bond acceptors (Lipinski definition) is 10. The van der Waals surface area contributed by atoms with E-state index in [1.165, 1.54) is 44.1 Å². The summed E-state index contributed by atoms with van der Waals surface area (Å²) in [6.45, 7) is 6.87. The first kappa shape index (κ1) is 32.6. The number of carbonyl (C=O) groups is 1. The molecule has 0 atom stereocenters. The SMILES string of the molecule is CC1CCC(CNc2nc(NCC3=CCCCC3)nc(Nc3ccc(CC(=O)NCCOCCOCCN)cc3)n2)CC1. The van der Waals surface area contributed by atoms with Gasteiger partial charge in [0.05, 0.1) is 32.8 Å². The number of aromatic nitrogens is 3. The van der Waals surface area contributed by atoms with Crippen LogP contribution in [0.4, 0.5) is 23.5 Å². The molecule has 6 N–H and O–H groups in total. The number of nitrogens with one attached hydrogen (secondary N) is 4. The Bertz CT molecular complexity index is 1140. The third-order valence-electron chi connectivity index (χ3n) is 7.96. The average Bonchev–Trinajstić information content (AvgIpc) is 3.02. The van der Waals surface area contributed by atoms with E-state index in [2.05, 4.69) is 49.2 Å². The predicted molar refractivity (Wildman–Crippen MR) is 172 cm³/mol. The molecule has 4 rings (SSSR count). The minimum atomic E-state index is -0.0481. The van der Waals surface area contributed by atoms with Crippen molar-refractivity contribution in [1.29, 1.82) is 0 Å². The lowest BCUT2D eigenvalue weighted by Gasteiger charge is -2.26. The van der Waals surface area contributed by atoms with Crippen LogP contribution >= 0.6 is 0 Å². The highest BCUT2D eigenvalue weighted by atomic mass is 16.5. The molecular formula is C32H50N8O3. The van der Waals surface area contributed by atoms with Crippen molar-refractivity contribution in [3.05, 3.63) is 41.5 Å². The van der Waals surface area contributed by atoms with E-state index in [4.69, 9.17) is 15.2 Å². The van der Waals surface area contributed by atoms with Crippen LogP contribution in [0, 0.1) is 11.8 Å². The molecule has 236 valence electrons. The summed E-state index contributed by atoms with van der Waals surface area (Å²) in [4.78, 5) is 26.4. The highest BCUT2D eigenvalue weighted by Crippen LogP contribution is 2.28. The van der Waals surface area contributed by atoms with Gasteiger partial charge in [-0.2, -0.15) is 15.0 Å². The van der Waals surface area contributed by atoms with Gasteiger partial charge in [0.2, 0.25) is 23.8 Å². The molecule has 1 fully saturated rings. The molecule has 1 saturated carbocycles. The number of ether oxygens (including phenoxy) is 2. The van der Waals surface area contributed by atoms with Crippen LogP contribution in [0.3, 0.4) is 0 Å². The lowest BCUT2D eigenvalue weighted by Crippen LogP contribution is -2.29. The molecule has 0 saturated heterocycles. The van der Waals surface area contributed by atoms with Crippen molar-refractivity contribution in [2.24, 2.45) is 17.6 Å². The first-order valence-electron chi connectivity index (χ1n) is 16.0. The Morgan fingerprint density at radius 2 is 1.63 bits per heavy atom. The van der Waals surface area contributed by atoms with Crippen molar-refractivity contribution in [2.45, 2.75) is 64.7 Å². The second-order valence-corrected chi connectivity index (χ2v) is 11.6. The highest BCUT2D eigenvalue weighted by molar-refractivity contribution is 5.78. The summed E-state index contributed by atoms with van der Waals surface area (Å²) in [6, 6.07) is 7.75. The summed E-state index contributed by atoms with van der Waals surface area (Å²) >= 11 is 0. The number of benzene rings is 1. The van der Waals surface area contributed by atoms with Crippen LogP contribution in [0.15, 0.2) is 35.9 Å². The molecule has 1 amide bonds. The number of nitrogens with zero attached hydrogens (tertiary/aromatic N) is 3. The molecule has 1 aromatic heterocycles. The lowest BCUT2D eigenvalue weighted by atomic mass is 9.83. The molecule has 43 heavy (non-hydrogen) atoms. The van der Waals surface area contributed by atoms with Gasteiger partial charge in [-0.3, -0.25) is 4.79 Å². The van der Waals surface area contributed by atoms with Crippen molar-refractivity contribution in [3.63, 3.8) is 0 Å². The van der Waals surface area contributed by atoms with Crippen LogP contribution < -0.4 is 27.0 Å². The molecule has 0 bridgehead atoms. The number of rotatable bonds is 18. The second kappa shape index (κ2) is 18.4. The molecule has 0 aliphatic heterocycles. The summed E-state index contributed by atoms with van der Waals surface area (Å²) in [5.41, 5.74) is 8.55. The molecular weight excluding hydrogens is 544 g/mol. The Balaban J connectivity index is 1.28. The molecule has 0 spiro atoms. The van der Waals surface area contributed by atoms with Crippen LogP contribution in [0.25, 0.3) is 0 Å². The number of allylic oxidation sites excluding steroid dienone is 1. The van der Waals surface area contributed by atoms with Gasteiger partial charge >= 0.3 is 0 Å². The Hall–Kier alpha value is -3.28. The van der Waals surface area contributed by atoms with E-state index in [1.54, 1.807) is 0 Å². The number of carbonyl (C=O) groups excluding carboxylic acids is 1. The summed E-state index contributed by atoms with van der Waals surface area (Å²) in [5, 5.41) is 13.1. The highest BCUT2D eigenvalue weighted by Gasteiger charge is 2.19. The van der Waals surface area contributed by atoms with Gasteiger partial charge in [0.15, 0.2) is 0 Å². The molecule has 0 radical (unpaired) electrons. The number of hydrogen-bond donors (Lipinski definition) is 5. The largest absolute Gasteiger partial charge is 0.378 e.